The van der Waals surface area contributed by atoms with E-state index in [1.54, 1.807) is 18.3 Å². The molecule has 0 saturated heterocycles. The topological polar surface area (TPSA) is 97.2 Å². The molecule has 0 aromatic carbocycles. The zero-order chi connectivity index (χ0) is 13.0. The maximum atomic E-state index is 10.7. The molecule has 7 heteroatoms. The van der Waals surface area contributed by atoms with E-state index in [-0.39, 0.29) is 5.69 Å². The molecule has 0 aliphatic rings. The average molecular weight is 246 g/mol. The monoisotopic (exact) mass is 246 g/mol. The molecule has 0 spiro atoms. The van der Waals surface area contributed by atoms with Gasteiger partial charge in [0.05, 0.1) is 31.4 Å². The third-order valence-electron chi connectivity index (χ3n) is 2.07. The van der Waals surface area contributed by atoms with Crippen LogP contribution in [0, 0.1) is 0 Å². The predicted molar refractivity (Wildman–Crippen MR) is 63.1 cm³/mol. The van der Waals surface area contributed by atoms with Gasteiger partial charge in [-0.25, -0.2) is 14.8 Å². The van der Waals surface area contributed by atoms with E-state index >= 15 is 0 Å². The van der Waals surface area contributed by atoms with Gasteiger partial charge in [0.2, 0.25) is 5.88 Å². The smallest absolute Gasteiger partial charge is 0.356 e. The van der Waals surface area contributed by atoms with Gasteiger partial charge in [-0.05, 0) is 6.07 Å². The second-order valence-corrected chi connectivity index (χ2v) is 3.31. The van der Waals surface area contributed by atoms with Crippen molar-refractivity contribution in [2.45, 2.75) is 0 Å². The van der Waals surface area contributed by atoms with Crippen LogP contribution in [0.3, 0.4) is 0 Å². The van der Waals surface area contributed by atoms with Gasteiger partial charge in [0.1, 0.15) is 5.82 Å². The molecule has 0 unspecified atom stereocenters. The minimum absolute atomic E-state index is 0.124. The highest BCUT2D eigenvalue weighted by molar-refractivity contribution is 5.85. The van der Waals surface area contributed by atoms with E-state index in [0.717, 1.165) is 0 Å². The highest BCUT2D eigenvalue weighted by Gasteiger charge is 2.06. The number of anilines is 2. The average Bonchev–Trinajstić information content (AvgIpc) is 2.40. The summed E-state index contributed by atoms with van der Waals surface area (Å²) in [4.78, 5) is 22.4. The fourth-order valence-corrected chi connectivity index (χ4v) is 1.25. The summed E-state index contributed by atoms with van der Waals surface area (Å²) in [6.07, 6.45) is 4.16. The summed E-state index contributed by atoms with van der Waals surface area (Å²) in [7, 11) is 1.53. The molecule has 0 amide bonds. The molecule has 2 aromatic heterocycles. The van der Waals surface area contributed by atoms with E-state index in [0.29, 0.717) is 17.4 Å². The molecule has 0 atom stereocenters. The lowest BCUT2D eigenvalue weighted by atomic mass is 10.4. The van der Waals surface area contributed by atoms with Gasteiger partial charge in [-0.3, -0.25) is 4.98 Å². The van der Waals surface area contributed by atoms with Crippen molar-refractivity contribution >= 4 is 17.5 Å². The molecule has 0 aliphatic heterocycles. The van der Waals surface area contributed by atoms with E-state index < -0.39 is 5.97 Å². The number of carbonyl (C=O) groups is 1. The number of aromatic carboxylic acids is 1. The zero-order valence-electron chi connectivity index (χ0n) is 9.49. The normalized spacial score (nSPS) is 9.83. The molecule has 0 radical (unpaired) electrons. The number of hydrogen-bond donors (Lipinski definition) is 2. The Labute approximate surface area is 102 Å². The minimum Gasteiger partial charge on any atom is -0.481 e. The molecule has 0 aliphatic carbocycles. The summed E-state index contributed by atoms with van der Waals surface area (Å²) in [5.41, 5.74) is 0.536. The number of nitrogens with zero attached hydrogens (tertiary/aromatic N) is 3. The van der Waals surface area contributed by atoms with Crippen molar-refractivity contribution < 1.29 is 14.6 Å². The Hall–Kier alpha value is -2.70. The standard InChI is InChI=1S/C11H10N4O3/c1-18-10-3-2-7(4-13-10)14-9-6-12-5-8(15-9)11(16)17/h2-6H,1H3,(H,14,15)(H,16,17). The van der Waals surface area contributed by atoms with E-state index in [4.69, 9.17) is 9.84 Å². The molecule has 0 saturated carbocycles. The number of ether oxygens (including phenoxy) is 1. The van der Waals surface area contributed by atoms with Crippen LogP contribution < -0.4 is 10.1 Å². The van der Waals surface area contributed by atoms with E-state index in [9.17, 15) is 4.79 Å². The van der Waals surface area contributed by atoms with Gasteiger partial charge < -0.3 is 15.2 Å². The van der Waals surface area contributed by atoms with Crippen LogP contribution in [0.2, 0.25) is 0 Å². The third kappa shape index (κ3) is 2.70. The van der Waals surface area contributed by atoms with Gasteiger partial charge in [0, 0.05) is 6.07 Å². The van der Waals surface area contributed by atoms with Crippen molar-refractivity contribution in [1.29, 1.82) is 0 Å². The highest BCUT2D eigenvalue weighted by atomic mass is 16.5. The highest BCUT2D eigenvalue weighted by Crippen LogP contribution is 2.15. The molecule has 0 bridgehead atoms. The number of rotatable bonds is 4. The van der Waals surface area contributed by atoms with E-state index in [1.165, 1.54) is 19.5 Å². The molecular weight excluding hydrogens is 236 g/mol. The van der Waals surface area contributed by atoms with Crippen molar-refractivity contribution in [1.82, 2.24) is 15.0 Å². The molecule has 2 heterocycles. The van der Waals surface area contributed by atoms with Crippen LogP contribution in [0.1, 0.15) is 10.5 Å². The number of aromatic nitrogens is 3. The summed E-state index contributed by atoms with van der Waals surface area (Å²) >= 11 is 0. The summed E-state index contributed by atoms with van der Waals surface area (Å²) < 4.78 is 4.93. The lowest BCUT2D eigenvalue weighted by molar-refractivity contribution is 0.0690. The van der Waals surface area contributed by atoms with E-state index in [2.05, 4.69) is 20.3 Å². The number of carboxylic acids is 1. The predicted octanol–water partition coefficient (Wildman–Crippen LogP) is 1.32. The molecule has 2 aromatic rings. The van der Waals surface area contributed by atoms with E-state index in [1.807, 2.05) is 0 Å². The van der Waals surface area contributed by atoms with Crippen molar-refractivity contribution in [3.63, 3.8) is 0 Å². The summed E-state index contributed by atoms with van der Waals surface area (Å²) in [6.45, 7) is 0. The Morgan fingerprint density at radius 3 is 2.78 bits per heavy atom. The van der Waals surface area contributed by atoms with Crippen LogP contribution in [0.4, 0.5) is 11.5 Å². The molecule has 2 rings (SSSR count). The number of hydrogen-bond acceptors (Lipinski definition) is 6. The summed E-state index contributed by atoms with van der Waals surface area (Å²) in [6, 6.07) is 3.41. The van der Waals surface area contributed by atoms with Gasteiger partial charge in [-0.15, -0.1) is 0 Å². The first-order chi connectivity index (χ1) is 8.69. The Balaban J connectivity index is 2.17. The number of methoxy groups -OCH3 is 1. The second-order valence-electron chi connectivity index (χ2n) is 3.31. The Bertz CT molecular complexity index is 556. The largest absolute Gasteiger partial charge is 0.481 e. The Kier molecular flexibility index (Phi) is 3.33. The number of carboxylic acid groups (broad SMARTS) is 1. The first-order valence-corrected chi connectivity index (χ1v) is 5.01. The lowest BCUT2D eigenvalue weighted by Gasteiger charge is -2.05. The fourth-order valence-electron chi connectivity index (χ4n) is 1.25. The Morgan fingerprint density at radius 1 is 1.33 bits per heavy atom. The molecule has 0 fully saturated rings. The van der Waals surface area contributed by atoms with Crippen LogP contribution in [0.5, 0.6) is 5.88 Å². The molecule has 18 heavy (non-hydrogen) atoms. The molecular formula is C11H10N4O3. The SMILES string of the molecule is COc1ccc(Nc2cncc(C(=O)O)n2)cn1. The zero-order valence-corrected chi connectivity index (χ0v) is 9.49. The second kappa shape index (κ2) is 5.09. The number of nitrogens with one attached hydrogen (secondary N) is 1. The van der Waals surface area contributed by atoms with Gasteiger partial charge in [0.25, 0.3) is 0 Å². The van der Waals surface area contributed by atoms with Crippen molar-refractivity contribution in [3.8, 4) is 5.88 Å². The molecule has 92 valence electrons. The minimum atomic E-state index is -1.13. The lowest BCUT2D eigenvalue weighted by Crippen LogP contribution is -2.04. The summed E-state index contributed by atoms with van der Waals surface area (Å²) in [5.74, 6) is -0.299. The van der Waals surface area contributed by atoms with Gasteiger partial charge in [0.15, 0.2) is 5.69 Å². The first kappa shape index (κ1) is 11.8. The van der Waals surface area contributed by atoms with Crippen LogP contribution in [-0.4, -0.2) is 33.1 Å². The van der Waals surface area contributed by atoms with Crippen molar-refractivity contribution in [3.05, 3.63) is 36.4 Å². The van der Waals surface area contributed by atoms with Gasteiger partial charge in [-0.2, -0.15) is 0 Å². The van der Waals surface area contributed by atoms with Gasteiger partial charge in [-0.1, -0.05) is 0 Å². The molecule has 7 nitrogen and oxygen atoms in total. The van der Waals surface area contributed by atoms with Crippen molar-refractivity contribution in [2.24, 2.45) is 0 Å². The van der Waals surface area contributed by atoms with Gasteiger partial charge >= 0.3 is 5.97 Å². The maximum absolute atomic E-state index is 10.7. The van der Waals surface area contributed by atoms with Crippen LogP contribution in [-0.2, 0) is 0 Å². The van der Waals surface area contributed by atoms with Crippen LogP contribution in [0.15, 0.2) is 30.7 Å². The van der Waals surface area contributed by atoms with Crippen molar-refractivity contribution in [2.75, 3.05) is 12.4 Å². The number of pyridine rings is 1. The van der Waals surface area contributed by atoms with Crippen LogP contribution in [0.25, 0.3) is 0 Å². The Morgan fingerprint density at radius 2 is 2.17 bits per heavy atom. The quantitative estimate of drug-likeness (QED) is 0.839. The third-order valence-corrected chi connectivity index (χ3v) is 2.07. The fraction of sp³-hybridized carbons (Fsp3) is 0.0909. The van der Waals surface area contributed by atoms with Crippen LogP contribution >= 0.6 is 0 Å². The first-order valence-electron chi connectivity index (χ1n) is 5.01. The summed E-state index contributed by atoms with van der Waals surface area (Å²) in [5, 5.41) is 11.7. The molecule has 2 N–H and O–H groups in total. The maximum Gasteiger partial charge on any atom is 0.356 e.